The molecule has 4 aromatic rings. The molecule has 4 nitrogen and oxygen atoms in total. The van der Waals surface area contributed by atoms with Crippen molar-refractivity contribution in [2.75, 3.05) is 0 Å². The quantitative estimate of drug-likeness (QED) is 0.229. The zero-order valence-corrected chi connectivity index (χ0v) is 18.1. The molecule has 2 N–H and O–H groups in total. The lowest BCUT2D eigenvalue weighted by atomic mass is 10.2. The van der Waals surface area contributed by atoms with Gasteiger partial charge in [0.25, 0.3) is 0 Å². The topological polar surface area (TPSA) is 61.3 Å². The van der Waals surface area contributed by atoms with Crippen molar-refractivity contribution in [1.82, 2.24) is 9.97 Å². The number of hydrogen-bond donors (Lipinski definition) is 2. The van der Waals surface area contributed by atoms with Crippen LogP contribution in [-0.2, 0) is 0 Å². The van der Waals surface area contributed by atoms with E-state index in [1.807, 2.05) is 30.3 Å². The van der Waals surface area contributed by atoms with Crippen molar-refractivity contribution in [2.24, 2.45) is 4.99 Å². The number of nitrogens with zero attached hydrogens (tertiary/aromatic N) is 2. The summed E-state index contributed by atoms with van der Waals surface area (Å²) < 4.78 is 14.9. The molecule has 0 aliphatic rings. The fourth-order valence-corrected chi connectivity index (χ4v) is 4.54. The highest BCUT2D eigenvalue weighted by atomic mass is 127. The van der Waals surface area contributed by atoms with Gasteiger partial charge in [0, 0.05) is 20.9 Å². The molecule has 0 saturated carbocycles. The monoisotopic (exact) mass is 583 g/mol. The lowest BCUT2D eigenvalue weighted by Gasteiger charge is -2.02. The molecule has 134 valence electrons. The number of rotatable bonds is 3. The summed E-state index contributed by atoms with van der Waals surface area (Å²) in [6, 6.07) is 15.6. The fourth-order valence-electron chi connectivity index (χ4n) is 2.65. The first-order valence-electron chi connectivity index (χ1n) is 7.97. The van der Waals surface area contributed by atoms with Crippen LogP contribution in [0.25, 0.3) is 22.4 Å². The molecule has 0 radical (unpaired) electrons. The van der Waals surface area contributed by atoms with E-state index in [9.17, 15) is 9.50 Å². The maximum atomic E-state index is 13.1. The number of imidazole rings is 1. The van der Waals surface area contributed by atoms with Gasteiger partial charge in [0.2, 0.25) is 0 Å². The molecule has 27 heavy (non-hydrogen) atoms. The van der Waals surface area contributed by atoms with E-state index < -0.39 is 0 Å². The Bertz CT molecular complexity index is 1170. The van der Waals surface area contributed by atoms with Gasteiger partial charge >= 0.3 is 0 Å². The van der Waals surface area contributed by atoms with Crippen LogP contribution in [0, 0.1) is 13.0 Å². The van der Waals surface area contributed by atoms with E-state index in [4.69, 9.17) is 0 Å². The van der Waals surface area contributed by atoms with Crippen LogP contribution in [0.3, 0.4) is 0 Å². The zero-order chi connectivity index (χ0) is 19.0. The van der Waals surface area contributed by atoms with Gasteiger partial charge in [-0.3, -0.25) is 4.99 Å². The van der Waals surface area contributed by atoms with E-state index in [0.29, 0.717) is 11.4 Å². The number of fused-ring (bicyclic) bond motifs is 1. The van der Waals surface area contributed by atoms with Crippen molar-refractivity contribution in [3.8, 4) is 17.1 Å². The maximum absolute atomic E-state index is 13.1. The number of aromatic nitrogens is 2. The predicted octanol–water partition coefficient (Wildman–Crippen LogP) is 6.03. The number of nitrogens with one attached hydrogen (secondary N) is 1. The van der Waals surface area contributed by atoms with Crippen molar-refractivity contribution in [3.05, 3.63) is 73.1 Å². The summed E-state index contributed by atoms with van der Waals surface area (Å²) in [4.78, 5) is 12.3. The normalized spacial score (nSPS) is 11.5. The lowest BCUT2D eigenvalue weighted by molar-refractivity contribution is 0.470. The standard InChI is InChI=1S/C20H12FI2N3O/c21-13-3-1-11(2-4-13)20-25-17-6-5-15(9-18(17)26-20)24-10-12-7-14(22)8-16(23)19(12)27/h1-10,27H,(H,25,26). The van der Waals surface area contributed by atoms with Crippen LogP contribution in [0.2, 0.25) is 0 Å². The van der Waals surface area contributed by atoms with Gasteiger partial charge in [0.05, 0.1) is 20.3 Å². The van der Waals surface area contributed by atoms with E-state index >= 15 is 0 Å². The van der Waals surface area contributed by atoms with Gasteiger partial charge in [-0.1, -0.05) is 0 Å². The molecule has 0 saturated heterocycles. The number of phenols is 1. The lowest BCUT2D eigenvalue weighted by Crippen LogP contribution is -1.87. The first-order valence-corrected chi connectivity index (χ1v) is 10.1. The number of aromatic hydroxyl groups is 1. The van der Waals surface area contributed by atoms with Crippen LogP contribution >= 0.6 is 45.2 Å². The van der Waals surface area contributed by atoms with Gasteiger partial charge in [-0.2, -0.15) is 0 Å². The number of benzene rings is 3. The van der Waals surface area contributed by atoms with Crippen molar-refractivity contribution >= 4 is 68.1 Å². The largest absolute Gasteiger partial charge is 0.506 e. The molecule has 0 atom stereocenters. The highest BCUT2D eigenvalue weighted by molar-refractivity contribution is 14.1. The summed E-state index contributed by atoms with van der Waals surface area (Å²) in [6.07, 6.45) is 1.65. The number of halogens is 3. The Balaban J connectivity index is 1.67. The van der Waals surface area contributed by atoms with Crippen LogP contribution in [0.1, 0.15) is 5.56 Å². The summed E-state index contributed by atoms with van der Waals surface area (Å²) in [6.45, 7) is 0. The molecular formula is C20H12FI2N3O. The van der Waals surface area contributed by atoms with Crippen molar-refractivity contribution < 1.29 is 9.50 Å². The van der Waals surface area contributed by atoms with Crippen LogP contribution in [0.4, 0.5) is 10.1 Å². The summed E-state index contributed by atoms with van der Waals surface area (Å²) in [7, 11) is 0. The Kier molecular flexibility index (Phi) is 5.13. The highest BCUT2D eigenvalue weighted by Gasteiger charge is 2.07. The van der Waals surface area contributed by atoms with Crippen LogP contribution in [0.5, 0.6) is 5.75 Å². The number of hydrogen-bond acceptors (Lipinski definition) is 3. The molecule has 0 aliphatic carbocycles. The molecule has 0 aliphatic heterocycles. The molecule has 1 aromatic heterocycles. The SMILES string of the molecule is Oc1c(I)cc(I)cc1C=Nc1ccc2nc(-c3ccc(F)cc3)[nH]c2c1. The van der Waals surface area contributed by atoms with Gasteiger partial charge in [-0.05, 0) is 99.8 Å². The van der Waals surface area contributed by atoms with E-state index in [1.54, 1.807) is 18.3 Å². The maximum Gasteiger partial charge on any atom is 0.138 e. The third-order valence-corrected chi connectivity index (χ3v) is 5.44. The minimum atomic E-state index is -0.278. The predicted molar refractivity (Wildman–Crippen MR) is 122 cm³/mol. The van der Waals surface area contributed by atoms with E-state index in [-0.39, 0.29) is 11.6 Å². The third kappa shape index (κ3) is 3.98. The Morgan fingerprint density at radius 2 is 1.81 bits per heavy atom. The molecule has 0 bridgehead atoms. The Labute approximate surface area is 181 Å². The second kappa shape index (κ2) is 7.55. The Morgan fingerprint density at radius 1 is 1.04 bits per heavy atom. The number of aliphatic imine (C=N–C) groups is 1. The number of H-pyrrole nitrogens is 1. The second-order valence-corrected chi connectivity index (χ2v) is 8.29. The third-order valence-electron chi connectivity index (χ3n) is 3.99. The van der Waals surface area contributed by atoms with Gasteiger partial charge in [0.1, 0.15) is 17.4 Å². The average Bonchev–Trinajstić information content (AvgIpc) is 3.07. The van der Waals surface area contributed by atoms with Crippen LogP contribution in [0.15, 0.2) is 59.6 Å². The summed E-state index contributed by atoms with van der Waals surface area (Å²) in [5.41, 5.74) is 3.87. The summed E-state index contributed by atoms with van der Waals surface area (Å²) >= 11 is 4.31. The van der Waals surface area contributed by atoms with Gasteiger partial charge in [-0.15, -0.1) is 0 Å². The number of phenolic OH excluding ortho intramolecular Hbond substituents is 1. The minimum absolute atomic E-state index is 0.223. The fraction of sp³-hybridized carbons (Fsp3) is 0. The second-order valence-electron chi connectivity index (χ2n) is 5.88. The van der Waals surface area contributed by atoms with Crippen molar-refractivity contribution in [2.45, 2.75) is 0 Å². The van der Waals surface area contributed by atoms with Crippen molar-refractivity contribution in [1.29, 1.82) is 0 Å². The average molecular weight is 583 g/mol. The molecule has 1 heterocycles. The van der Waals surface area contributed by atoms with Gasteiger partial charge in [-0.25, -0.2) is 9.37 Å². The Morgan fingerprint density at radius 3 is 2.59 bits per heavy atom. The molecule has 7 heteroatoms. The van der Waals surface area contributed by atoms with Crippen LogP contribution < -0.4 is 0 Å². The van der Waals surface area contributed by atoms with Gasteiger partial charge in [0.15, 0.2) is 0 Å². The van der Waals surface area contributed by atoms with E-state index in [2.05, 4.69) is 60.1 Å². The van der Waals surface area contributed by atoms with E-state index in [1.165, 1.54) is 12.1 Å². The smallest absolute Gasteiger partial charge is 0.138 e. The first-order chi connectivity index (χ1) is 13.0. The summed E-state index contributed by atoms with van der Waals surface area (Å²) in [5, 5.41) is 10.2. The molecular weight excluding hydrogens is 571 g/mol. The first kappa shape index (κ1) is 18.4. The number of aromatic amines is 1. The van der Waals surface area contributed by atoms with Crippen molar-refractivity contribution in [3.63, 3.8) is 0 Å². The van der Waals surface area contributed by atoms with E-state index in [0.717, 1.165) is 29.4 Å². The molecule has 0 spiro atoms. The van der Waals surface area contributed by atoms with Gasteiger partial charge < -0.3 is 10.1 Å². The molecule has 0 amide bonds. The molecule has 0 fully saturated rings. The van der Waals surface area contributed by atoms with Crippen LogP contribution in [-0.4, -0.2) is 21.3 Å². The minimum Gasteiger partial charge on any atom is -0.506 e. The Hall–Kier alpha value is -2.01. The zero-order valence-electron chi connectivity index (χ0n) is 13.7. The molecule has 0 unspecified atom stereocenters. The summed E-state index contributed by atoms with van der Waals surface area (Å²) in [5.74, 6) is 0.622. The molecule has 3 aromatic carbocycles. The highest BCUT2D eigenvalue weighted by Crippen LogP contribution is 2.27. The molecule has 4 rings (SSSR count).